The van der Waals surface area contributed by atoms with Gasteiger partial charge in [-0.2, -0.15) is 0 Å². The maximum Gasteiger partial charge on any atom is 0.410 e. The van der Waals surface area contributed by atoms with Crippen molar-refractivity contribution in [1.82, 2.24) is 4.90 Å². The fraction of sp³-hybridized carbons (Fsp3) is 0.588. The van der Waals surface area contributed by atoms with Gasteiger partial charge in [0.2, 0.25) is 0 Å². The molecule has 0 aliphatic carbocycles. The van der Waals surface area contributed by atoms with Crippen molar-refractivity contribution in [2.45, 2.75) is 39.2 Å². The zero-order valence-electron chi connectivity index (χ0n) is 13.5. The number of ether oxygens (including phenoxy) is 2. The maximum atomic E-state index is 12.0. The first-order chi connectivity index (χ1) is 10.3. The van der Waals surface area contributed by atoms with Gasteiger partial charge >= 0.3 is 6.09 Å². The van der Waals surface area contributed by atoms with Crippen molar-refractivity contribution < 1.29 is 19.4 Å². The summed E-state index contributed by atoms with van der Waals surface area (Å²) < 4.78 is 11.1. The first kappa shape index (κ1) is 16.5. The minimum atomic E-state index is -0.449. The van der Waals surface area contributed by atoms with Gasteiger partial charge in [-0.3, -0.25) is 0 Å². The number of rotatable bonds is 3. The summed E-state index contributed by atoms with van der Waals surface area (Å²) in [7, 11) is 0. The predicted octanol–water partition coefficient (Wildman–Crippen LogP) is 3.42. The number of carbonyl (C=O) groups is 1. The van der Waals surface area contributed by atoms with Crippen molar-refractivity contribution >= 4 is 6.09 Å². The van der Waals surface area contributed by atoms with Gasteiger partial charge in [0.25, 0.3) is 0 Å². The highest BCUT2D eigenvalue weighted by Gasteiger charge is 2.27. The summed E-state index contributed by atoms with van der Waals surface area (Å²) >= 11 is 0. The lowest BCUT2D eigenvalue weighted by molar-refractivity contribution is 0.0165. The van der Waals surface area contributed by atoms with Crippen LogP contribution < -0.4 is 4.74 Å². The highest BCUT2D eigenvalue weighted by molar-refractivity contribution is 5.68. The van der Waals surface area contributed by atoms with Crippen LogP contribution in [0.4, 0.5) is 4.79 Å². The molecule has 1 aliphatic heterocycles. The molecule has 1 aromatic rings. The molecule has 1 heterocycles. The van der Waals surface area contributed by atoms with E-state index in [4.69, 9.17) is 9.47 Å². The molecule has 0 spiro atoms. The molecule has 0 saturated carbocycles. The minimum absolute atomic E-state index is 0.231. The summed E-state index contributed by atoms with van der Waals surface area (Å²) in [5.74, 6) is 1.43. The number of aromatic hydroxyl groups is 1. The Balaban J connectivity index is 1.73. The summed E-state index contributed by atoms with van der Waals surface area (Å²) in [4.78, 5) is 13.7. The summed E-state index contributed by atoms with van der Waals surface area (Å²) in [6.07, 6.45) is 1.60. The van der Waals surface area contributed by atoms with E-state index in [0.29, 0.717) is 25.6 Å². The van der Waals surface area contributed by atoms with E-state index in [1.807, 2.05) is 20.8 Å². The number of benzene rings is 1. The van der Waals surface area contributed by atoms with Gasteiger partial charge in [0.05, 0.1) is 6.61 Å². The second kappa shape index (κ2) is 6.90. The number of carbonyl (C=O) groups excluding carboxylic acids is 1. The average molecular weight is 307 g/mol. The molecule has 0 atom stereocenters. The topological polar surface area (TPSA) is 59.0 Å². The van der Waals surface area contributed by atoms with Gasteiger partial charge in [0.1, 0.15) is 17.1 Å². The van der Waals surface area contributed by atoms with Crippen molar-refractivity contribution in [3.05, 3.63) is 24.3 Å². The zero-order valence-corrected chi connectivity index (χ0v) is 13.5. The fourth-order valence-electron chi connectivity index (χ4n) is 2.37. The van der Waals surface area contributed by atoms with E-state index in [0.717, 1.165) is 18.6 Å². The normalized spacial score (nSPS) is 16.4. The summed E-state index contributed by atoms with van der Waals surface area (Å²) in [5, 5.41) is 9.23. The Bertz CT molecular complexity index is 484. The largest absolute Gasteiger partial charge is 0.508 e. The molecule has 122 valence electrons. The highest BCUT2D eigenvalue weighted by atomic mass is 16.6. The molecule has 2 rings (SSSR count). The highest BCUT2D eigenvalue weighted by Crippen LogP contribution is 2.22. The van der Waals surface area contributed by atoms with Crippen LogP contribution >= 0.6 is 0 Å². The van der Waals surface area contributed by atoms with E-state index in [-0.39, 0.29) is 11.8 Å². The van der Waals surface area contributed by atoms with E-state index in [2.05, 4.69) is 0 Å². The predicted molar refractivity (Wildman–Crippen MR) is 84.1 cm³/mol. The molecular formula is C17H25NO4. The van der Waals surface area contributed by atoms with Gasteiger partial charge in [0, 0.05) is 13.1 Å². The lowest BCUT2D eigenvalue weighted by atomic mass is 9.98. The number of hydrogen-bond donors (Lipinski definition) is 1. The van der Waals surface area contributed by atoms with E-state index < -0.39 is 5.60 Å². The summed E-state index contributed by atoms with van der Waals surface area (Å²) in [6, 6.07) is 6.73. The minimum Gasteiger partial charge on any atom is -0.508 e. The van der Waals surface area contributed by atoms with Crippen molar-refractivity contribution in [1.29, 1.82) is 0 Å². The van der Waals surface area contributed by atoms with Crippen molar-refractivity contribution in [2.24, 2.45) is 5.92 Å². The number of phenols is 1. The third-order valence-electron chi connectivity index (χ3n) is 3.59. The number of nitrogens with zero attached hydrogens (tertiary/aromatic N) is 1. The first-order valence-electron chi connectivity index (χ1n) is 7.73. The number of hydrogen-bond acceptors (Lipinski definition) is 4. The second-order valence-electron chi connectivity index (χ2n) is 6.72. The van der Waals surface area contributed by atoms with Crippen LogP contribution in [0.1, 0.15) is 33.6 Å². The molecular weight excluding hydrogens is 282 g/mol. The SMILES string of the molecule is CC(C)(C)OC(=O)N1CCC(COc2ccc(O)cc2)CC1. The number of likely N-dealkylation sites (tertiary alicyclic amines) is 1. The van der Waals surface area contributed by atoms with Crippen LogP contribution in [0, 0.1) is 5.92 Å². The van der Waals surface area contributed by atoms with Gasteiger partial charge in [-0.25, -0.2) is 4.79 Å². The fourth-order valence-corrected chi connectivity index (χ4v) is 2.37. The van der Waals surface area contributed by atoms with Crippen molar-refractivity contribution in [3.63, 3.8) is 0 Å². The maximum absolute atomic E-state index is 12.0. The lowest BCUT2D eigenvalue weighted by Crippen LogP contribution is -2.42. The molecule has 1 fully saturated rings. The Hall–Kier alpha value is -1.91. The van der Waals surface area contributed by atoms with Gasteiger partial charge < -0.3 is 19.5 Å². The second-order valence-corrected chi connectivity index (χ2v) is 6.72. The lowest BCUT2D eigenvalue weighted by Gasteiger charge is -2.33. The molecule has 1 aromatic carbocycles. The van der Waals surface area contributed by atoms with Gasteiger partial charge in [0.15, 0.2) is 0 Å². The quantitative estimate of drug-likeness (QED) is 0.929. The van der Waals surface area contributed by atoms with E-state index in [1.54, 1.807) is 29.2 Å². The third kappa shape index (κ3) is 5.13. The number of amides is 1. The Labute approximate surface area is 131 Å². The molecule has 5 nitrogen and oxygen atoms in total. The molecule has 1 aliphatic rings. The Morgan fingerprint density at radius 3 is 2.36 bits per heavy atom. The molecule has 5 heteroatoms. The Morgan fingerprint density at radius 2 is 1.82 bits per heavy atom. The smallest absolute Gasteiger partial charge is 0.410 e. The average Bonchev–Trinajstić information content (AvgIpc) is 2.45. The number of phenolic OH excluding ortho intramolecular Hbond substituents is 1. The van der Waals surface area contributed by atoms with E-state index in [1.165, 1.54) is 0 Å². The first-order valence-corrected chi connectivity index (χ1v) is 7.73. The van der Waals surface area contributed by atoms with Gasteiger partial charge in [-0.1, -0.05) is 0 Å². The van der Waals surface area contributed by atoms with Crippen LogP contribution in [-0.4, -0.2) is 41.4 Å². The van der Waals surface area contributed by atoms with Crippen LogP contribution in [-0.2, 0) is 4.74 Å². The van der Waals surface area contributed by atoms with Gasteiger partial charge in [-0.15, -0.1) is 0 Å². The number of piperidine rings is 1. The standard InChI is InChI=1S/C17H25NO4/c1-17(2,3)22-16(20)18-10-8-13(9-11-18)12-21-15-6-4-14(19)5-7-15/h4-7,13,19H,8-12H2,1-3H3. The molecule has 1 N–H and O–H groups in total. The van der Waals surface area contributed by atoms with Crippen LogP contribution in [0.25, 0.3) is 0 Å². The molecule has 0 unspecified atom stereocenters. The van der Waals surface area contributed by atoms with Crippen LogP contribution in [0.5, 0.6) is 11.5 Å². The van der Waals surface area contributed by atoms with Crippen LogP contribution in [0.2, 0.25) is 0 Å². The van der Waals surface area contributed by atoms with Gasteiger partial charge in [-0.05, 0) is 63.8 Å². The molecule has 0 radical (unpaired) electrons. The van der Waals surface area contributed by atoms with Crippen molar-refractivity contribution in [2.75, 3.05) is 19.7 Å². The Morgan fingerprint density at radius 1 is 1.23 bits per heavy atom. The monoisotopic (exact) mass is 307 g/mol. The van der Waals surface area contributed by atoms with Crippen LogP contribution in [0.3, 0.4) is 0 Å². The Kier molecular flexibility index (Phi) is 5.16. The van der Waals surface area contributed by atoms with Crippen LogP contribution in [0.15, 0.2) is 24.3 Å². The molecule has 22 heavy (non-hydrogen) atoms. The summed E-state index contributed by atoms with van der Waals surface area (Å²) in [6.45, 7) is 7.68. The molecule has 0 aromatic heterocycles. The van der Waals surface area contributed by atoms with E-state index in [9.17, 15) is 9.90 Å². The summed E-state index contributed by atoms with van der Waals surface area (Å²) in [5.41, 5.74) is -0.449. The van der Waals surface area contributed by atoms with Crippen molar-refractivity contribution in [3.8, 4) is 11.5 Å². The molecule has 1 saturated heterocycles. The molecule has 0 bridgehead atoms. The molecule has 1 amide bonds. The van der Waals surface area contributed by atoms with E-state index >= 15 is 0 Å². The third-order valence-corrected chi connectivity index (χ3v) is 3.59. The zero-order chi connectivity index (χ0) is 16.2.